The van der Waals surface area contributed by atoms with Crippen molar-refractivity contribution in [3.63, 3.8) is 0 Å². The van der Waals surface area contributed by atoms with Crippen molar-refractivity contribution in [2.75, 3.05) is 31.5 Å². The van der Waals surface area contributed by atoms with Gasteiger partial charge in [-0.2, -0.15) is 0 Å². The Balaban J connectivity index is 1.59. The van der Waals surface area contributed by atoms with Gasteiger partial charge in [0, 0.05) is 38.4 Å². The Morgan fingerprint density at radius 3 is 2.62 bits per heavy atom. The lowest BCUT2D eigenvalue weighted by atomic mass is 10.1. The topological polar surface area (TPSA) is 87.5 Å². The van der Waals surface area contributed by atoms with Gasteiger partial charge in [-0.25, -0.2) is 4.98 Å². The summed E-state index contributed by atoms with van der Waals surface area (Å²) in [5.74, 6) is -0.131. The highest BCUT2D eigenvalue weighted by Crippen LogP contribution is 2.23. The summed E-state index contributed by atoms with van der Waals surface area (Å²) >= 11 is 0. The third-order valence-corrected chi connectivity index (χ3v) is 5.55. The van der Waals surface area contributed by atoms with Gasteiger partial charge in [0.2, 0.25) is 6.41 Å². The second kappa shape index (κ2) is 8.06. The second-order valence-electron chi connectivity index (χ2n) is 7.60. The molecule has 0 aliphatic carbocycles. The third-order valence-electron chi connectivity index (χ3n) is 5.55. The van der Waals surface area contributed by atoms with E-state index in [1.807, 2.05) is 35.8 Å². The van der Waals surface area contributed by atoms with Crippen molar-refractivity contribution in [2.45, 2.75) is 32.7 Å². The minimum atomic E-state index is -0.286. The van der Waals surface area contributed by atoms with Crippen LogP contribution in [0.2, 0.25) is 0 Å². The molecular formula is C21H25N5O3. The highest BCUT2D eigenvalue weighted by molar-refractivity contribution is 6.05. The summed E-state index contributed by atoms with van der Waals surface area (Å²) in [4.78, 5) is 44.8. The number of nitrogens with zero attached hydrogens (tertiary/aromatic N) is 4. The summed E-state index contributed by atoms with van der Waals surface area (Å²) in [5.41, 5.74) is 2.93. The second-order valence-corrected chi connectivity index (χ2v) is 7.60. The smallest absolute Gasteiger partial charge is 0.290 e. The number of amides is 3. The zero-order valence-corrected chi connectivity index (χ0v) is 16.6. The molecule has 1 saturated heterocycles. The number of hydrogen-bond donors (Lipinski definition) is 1. The maximum absolute atomic E-state index is 13.1. The van der Waals surface area contributed by atoms with Crippen molar-refractivity contribution in [2.24, 2.45) is 0 Å². The molecule has 1 N–H and O–H groups in total. The van der Waals surface area contributed by atoms with Gasteiger partial charge in [-0.1, -0.05) is 12.1 Å². The van der Waals surface area contributed by atoms with Crippen LogP contribution in [0.1, 0.15) is 45.2 Å². The zero-order chi connectivity index (χ0) is 20.4. The first kappa shape index (κ1) is 19.2. The monoisotopic (exact) mass is 395 g/mol. The van der Waals surface area contributed by atoms with Gasteiger partial charge in [0.25, 0.3) is 11.8 Å². The number of piperazine rings is 1. The molecule has 0 spiro atoms. The van der Waals surface area contributed by atoms with E-state index in [9.17, 15) is 14.4 Å². The van der Waals surface area contributed by atoms with Gasteiger partial charge < -0.3 is 19.7 Å². The fraction of sp³-hybridized carbons (Fsp3) is 0.429. The van der Waals surface area contributed by atoms with Crippen molar-refractivity contribution in [1.29, 1.82) is 0 Å². The van der Waals surface area contributed by atoms with Crippen LogP contribution < -0.4 is 5.32 Å². The van der Waals surface area contributed by atoms with E-state index in [4.69, 9.17) is 0 Å². The van der Waals surface area contributed by atoms with Gasteiger partial charge in [-0.3, -0.25) is 14.4 Å². The lowest BCUT2D eigenvalue weighted by Crippen LogP contribution is -2.48. The van der Waals surface area contributed by atoms with Crippen LogP contribution in [-0.4, -0.2) is 63.8 Å². The van der Waals surface area contributed by atoms with Crippen LogP contribution in [-0.2, 0) is 17.8 Å². The molecule has 2 aliphatic heterocycles. The number of rotatable bonds is 4. The van der Waals surface area contributed by atoms with Crippen LogP contribution in [0, 0.1) is 6.92 Å². The summed E-state index contributed by atoms with van der Waals surface area (Å²) in [6, 6.07) is 7.60. The van der Waals surface area contributed by atoms with Crippen LogP contribution in [0.4, 0.5) is 5.69 Å². The van der Waals surface area contributed by atoms with Crippen LogP contribution in [0.3, 0.4) is 0 Å². The number of fused-ring (bicyclic) bond motifs is 1. The molecule has 3 amide bonds. The highest BCUT2D eigenvalue weighted by Gasteiger charge is 2.31. The molecule has 8 nitrogen and oxygen atoms in total. The average Bonchev–Trinajstić information content (AvgIpc) is 3.13. The molecule has 2 aliphatic rings. The van der Waals surface area contributed by atoms with Crippen molar-refractivity contribution < 1.29 is 14.4 Å². The van der Waals surface area contributed by atoms with E-state index in [-0.39, 0.29) is 11.8 Å². The molecule has 4 rings (SSSR count). The SMILES string of the molecule is Cc1cccc(NC(=O)c2nc(C(=O)N3CCN(C=O)CC3)n3c2CCCC3)c1. The van der Waals surface area contributed by atoms with Crippen LogP contribution in [0.5, 0.6) is 0 Å². The average molecular weight is 395 g/mol. The van der Waals surface area contributed by atoms with Crippen LogP contribution >= 0.6 is 0 Å². The molecule has 0 bridgehead atoms. The number of aryl methyl sites for hydroxylation is 1. The fourth-order valence-corrected chi connectivity index (χ4v) is 3.97. The minimum absolute atomic E-state index is 0.173. The summed E-state index contributed by atoms with van der Waals surface area (Å²) < 4.78 is 1.91. The predicted molar refractivity (Wildman–Crippen MR) is 108 cm³/mol. The van der Waals surface area contributed by atoms with Crippen LogP contribution in [0.15, 0.2) is 24.3 Å². The first-order valence-corrected chi connectivity index (χ1v) is 10.0. The Morgan fingerprint density at radius 1 is 1.10 bits per heavy atom. The molecule has 0 unspecified atom stereocenters. The summed E-state index contributed by atoms with van der Waals surface area (Å²) in [6.07, 6.45) is 3.48. The maximum Gasteiger partial charge on any atom is 0.290 e. The zero-order valence-electron chi connectivity index (χ0n) is 16.6. The molecule has 1 fully saturated rings. The first-order chi connectivity index (χ1) is 14.1. The minimum Gasteiger partial charge on any atom is -0.342 e. The predicted octanol–water partition coefficient (Wildman–Crippen LogP) is 1.69. The van der Waals surface area contributed by atoms with Gasteiger partial charge in [0.15, 0.2) is 11.5 Å². The standard InChI is InChI=1S/C21H25N5O3/c1-15-5-4-6-16(13-15)22-20(28)18-17-7-2-3-8-26(17)19(23-18)21(29)25-11-9-24(14-27)10-12-25/h4-6,13-14H,2-3,7-12H2,1H3,(H,22,28). The fourth-order valence-electron chi connectivity index (χ4n) is 3.97. The van der Waals surface area contributed by atoms with Gasteiger partial charge in [-0.05, 0) is 43.9 Å². The lowest BCUT2D eigenvalue weighted by molar-refractivity contribution is -0.119. The highest BCUT2D eigenvalue weighted by atomic mass is 16.2. The number of hydrogen-bond acceptors (Lipinski definition) is 4. The van der Waals surface area contributed by atoms with Crippen molar-refractivity contribution in [3.8, 4) is 0 Å². The normalized spacial score (nSPS) is 16.3. The molecule has 29 heavy (non-hydrogen) atoms. The Kier molecular flexibility index (Phi) is 5.33. The van der Waals surface area contributed by atoms with Crippen molar-refractivity contribution >= 4 is 23.9 Å². The first-order valence-electron chi connectivity index (χ1n) is 10.0. The Labute approximate surface area is 169 Å². The van der Waals surface area contributed by atoms with Gasteiger partial charge >= 0.3 is 0 Å². The lowest BCUT2D eigenvalue weighted by Gasteiger charge is -2.32. The van der Waals surface area contributed by atoms with E-state index in [1.54, 1.807) is 9.80 Å². The van der Waals surface area contributed by atoms with Gasteiger partial charge in [-0.15, -0.1) is 0 Å². The van der Waals surface area contributed by atoms with Crippen LogP contribution in [0.25, 0.3) is 0 Å². The molecule has 0 radical (unpaired) electrons. The summed E-state index contributed by atoms with van der Waals surface area (Å²) in [5, 5.41) is 2.91. The summed E-state index contributed by atoms with van der Waals surface area (Å²) in [7, 11) is 0. The number of carbonyl (C=O) groups excluding carboxylic acids is 3. The summed E-state index contributed by atoms with van der Waals surface area (Å²) in [6.45, 7) is 4.65. The molecular weight excluding hydrogens is 370 g/mol. The Bertz CT molecular complexity index is 944. The maximum atomic E-state index is 13.1. The van der Waals surface area contributed by atoms with E-state index in [2.05, 4.69) is 10.3 Å². The number of imidazole rings is 1. The van der Waals surface area contributed by atoms with E-state index in [0.717, 1.165) is 36.9 Å². The van der Waals surface area contributed by atoms with E-state index in [0.29, 0.717) is 49.9 Å². The Morgan fingerprint density at radius 2 is 1.90 bits per heavy atom. The molecule has 1 aromatic carbocycles. The number of nitrogens with one attached hydrogen (secondary N) is 1. The van der Waals surface area contributed by atoms with Crippen molar-refractivity contribution in [1.82, 2.24) is 19.4 Å². The number of carbonyl (C=O) groups is 3. The number of anilines is 1. The van der Waals surface area contributed by atoms with E-state index >= 15 is 0 Å². The van der Waals surface area contributed by atoms with E-state index in [1.165, 1.54) is 0 Å². The Hall–Kier alpha value is -3.16. The molecule has 152 valence electrons. The quantitative estimate of drug-likeness (QED) is 0.798. The molecule has 1 aromatic heterocycles. The largest absolute Gasteiger partial charge is 0.342 e. The molecule has 0 atom stereocenters. The molecule has 2 aromatic rings. The number of aromatic nitrogens is 2. The molecule has 0 saturated carbocycles. The molecule has 8 heteroatoms. The molecule has 3 heterocycles. The van der Waals surface area contributed by atoms with Gasteiger partial charge in [0.1, 0.15) is 0 Å². The van der Waals surface area contributed by atoms with E-state index < -0.39 is 0 Å². The number of benzene rings is 1. The third kappa shape index (κ3) is 3.87. The van der Waals surface area contributed by atoms with Crippen molar-refractivity contribution in [3.05, 3.63) is 47.0 Å². The van der Waals surface area contributed by atoms with Gasteiger partial charge in [0.05, 0.1) is 5.69 Å².